The van der Waals surface area contributed by atoms with Crippen molar-refractivity contribution in [3.8, 4) is 5.75 Å². The number of hydrogen-bond donors (Lipinski definition) is 0. The van der Waals surface area contributed by atoms with Gasteiger partial charge < -0.3 is 9.30 Å². The predicted octanol–water partition coefficient (Wildman–Crippen LogP) is 3.96. The van der Waals surface area contributed by atoms with Crippen molar-refractivity contribution < 1.29 is 13.5 Å². The summed E-state index contributed by atoms with van der Waals surface area (Å²) in [5, 5.41) is 0. The molecule has 0 saturated carbocycles. The number of halogens is 3. The van der Waals surface area contributed by atoms with E-state index < -0.39 is 11.6 Å². The van der Waals surface area contributed by atoms with Gasteiger partial charge in [0.2, 0.25) is 0 Å². The maximum absolute atomic E-state index is 13.6. The molecule has 0 spiro atoms. The second-order valence-corrected chi connectivity index (χ2v) is 5.49. The van der Waals surface area contributed by atoms with Crippen molar-refractivity contribution >= 4 is 15.9 Å². The van der Waals surface area contributed by atoms with Crippen LogP contribution in [0.5, 0.6) is 5.75 Å². The number of ether oxygens (including phenoxy) is 1. The number of aromatic nitrogens is 1. The third-order valence-electron chi connectivity index (χ3n) is 3.12. The molecule has 0 unspecified atom stereocenters. The molecule has 0 aliphatic carbocycles. The molecular formula is C16H14BrF2NO2. The number of allylic oxidation sites excluding steroid dienone is 1. The number of hydrogen-bond acceptors (Lipinski definition) is 2. The van der Waals surface area contributed by atoms with E-state index in [1.54, 1.807) is 19.1 Å². The van der Waals surface area contributed by atoms with Gasteiger partial charge in [0.1, 0.15) is 28.5 Å². The van der Waals surface area contributed by atoms with Crippen molar-refractivity contribution in [2.75, 3.05) is 0 Å². The maximum Gasteiger partial charge on any atom is 0.269 e. The number of rotatable bonds is 5. The second-order valence-electron chi connectivity index (χ2n) is 4.69. The molecule has 3 nitrogen and oxygen atoms in total. The molecule has 0 fully saturated rings. The quantitative estimate of drug-likeness (QED) is 0.746. The predicted molar refractivity (Wildman–Crippen MR) is 84.0 cm³/mol. The third kappa shape index (κ3) is 3.44. The maximum atomic E-state index is 13.6. The average Bonchev–Trinajstić information content (AvgIpc) is 2.47. The van der Waals surface area contributed by atoms with Crippen molar-refractivity contribution in [1.29, 1.82) is 0 Å². The van der Waals surface area contributed by atoms with Gasteiger partial charge in [0.05, 0.1) is 0 Å². The van der Waals surface area contributed by atoms with Crippen LogP contribution in [-0.2, 0) is 13.2 Å². The van der Waals surface area contributed by atoms with Crippen LogP contribution in [0.4, 0.5) is 8.78 Å². The molecule has 0 amide bonds. The van der Waals surface area contributed by atoms with Gasteiger partial charge in [-0.2, -0.15) is 0 Å². The zero-order valence-corrected chi connectivity index (χ0v) is 13.5. The van der Waals surface area contributed by atoms with Gasteiger partial charge in [0.15, 0.2) is 0 Å². The summed E-state index contributed by atoms with van der Waals surface area (Å²) in [5.41, 5.74) is 0.651. The summed E-state index contributed by atoms with van der Waals surface area (Å²) in [6.07, 6.45) is 1.62. The largest absolute Gasteiger partial charge is 0.487 e. The first kappa shape index (κ1) is 16.4. The Morgan fingerprint density at radius 3 is 2.73 bits per heavy atom. The Bertz CT molecular complexity index is 771. The average molecular weight is 370 g/mol. The highest BCUT2D eigenvalue weighted by molar-refractivity contribution is 9.10. The lowest BCUT2D eigenvalue weighted by Gasteiger charge is -2.13. The Labute approximate surface area is 135 Å². The lowest BCUT2D eigenvalue weighted by molar-refractivity contribution is 0.296. The Hall–Kier alpha value is -1.95. The van der Waals surface area contributed by atoms with E-state index in [1.165, 1.54) is 10.6 Å². The molecule has 0 aliphatic rings. The topological polar surface area (TPSA) is 31.2 Å². The molecule has 6 heteroatoms. The van der Waals surface area contributed by atoms with Gasteiger partial charge in [-0.1, -0.05) is 6.08 Å². The van der Waals surface area contributed by atoms with Crippen LogP contribution in [0.15, 0.2) is 46.2 Å². The molecule has 0 atom stereocenters. The smallest absolute Gasteiger partial charge is 0.269 e. The Kier molecular flexibility index (Phi) is 5.13. The molecule has 2 aromatic rings. The SMILES string of the molecule is C=CCn1c(C)cc(OCc2ccc(F)cc2F)c(Br)c1=O. The third-order valence-corrected chi connectivity index (χ3v) is 3.85. The summed E-state index contributed by atoms with van der Waals surface area (Å²) < 4.78 is 33.7. The van der Waals surface area contributed by atoms with Gasteiger partial charge in [-0.25, -0.2) is 8.78 Å². The van der Waals surface area contributed by atoms with Crippen LogP contribution < -0.4 is 10.3 Å². The molecule has 22 heavy (non-hydrogen) atoms. The van der Waals surface area contributed by atoms with E-state index in [2.05, 4.69) is 22.5 Å². The normalized spacial score (nSPS) is 10.5. The summed E-state index contributed by atoms with van der Waals surface area (Å²) in [4.78, 5) is 12.2. The monoisotopic (exact) mass is 369 g/mol. The molecule has 0 aliphatic heterocycles. The van der Waals surface area contributed by atoms with Crippen molar-refractivity contribution in [2.45, 2.75) is 20.1 Å². The lowest BCUT2D eigenvalue weighted by atomic mass is 10.2. The van der Waals surface area contributed by atoms with Crippen LogP contribution in [0, 0.1) is 18.6 Å². The highest BCUT2D eigenvalue weighted by atomic mass is 79.9. The van der Waals surface area contributed by atoms with E-state index in [0.717, 1.165) is 12.1 Å². The summed E-state index contributed by atoms with van der Waals surface area (Å²) in [5.74, 6) is -1.02. The van der Waals surface area contributed by atoms with Gasteiger partial charge in [0, 0.05) is 29.9 Å². The van der Waals surface area contributed by atoms with Crippen LogP contribution in [0.3, 0.4) is 0 Å². The molecule has 1 aromatic heterocycles. The summed E-state index contributed by atoms with van der Waals surface area (Å²) in [7, 11) is 0. The van der Waals surface area contributed by atoms with Crippen molar-refractivity contribution in [1.82, 2.24) is 4.57 Å². The molecule has 0 saturated heterocycles. The van der Waals surface area contributed by atoms with E-state index in [0.29, 0.717) is 18.0 Å². The lowest BCUT2D eigenvalue weighted by Crippen LogP contribution is -2.23. The molecule has 0 N–H and O–H groups in total. The molecule has 1 heterocycles. The molecule has 0 radical (unpaired) electrons. The van der Waals surface area contributed by atoms with Gasteiger partial charge in [-0.05, 0) is 35.0 Å². The fraction of sp³-hybridized carbons (Fsp3) is 0.188. The van der Waals surface area contributed by atoms with Crippen LogP contribution >= 0.6 is 15.9 Å². The van der Waals surface area contributed by atoms with Crippen LogP contribution in [-0.4, -0.2) is 4.57 Å². The Morgan fingerprint density at radius 1 is 1.36 bits per heavy atom. The van der Waals surface area contributed by atoms with Crippen LogP contribution in [0.2, 0.25) is 0 Å². The highest BCUT2D eigenvalue weighted by Gasteiger charge is 2.12. The van der Waals surface area contributed by atoms with Crippen LogP contribution in [0.1, 0.15) is 11.3 Å². The fourth-order valence-electron chi connectivity index (χ4n) is 1.97. The number of nitrogens with zero attached hydrogens (tertiary/aromatic N) is 1. The van der Waals surface area contributed by atoms with Crippen molar-refractivity contribution in [2.24, 2.45) is 0 Å². The van der Waals surface area contributed by atoms with Crippen molar-refractivity contribution in [3.05, 3.63) is 74.6 Å². The standard InChI is InChI=1S/C16H14BrF2NO2/c1-3-6-20-10(2)7-14(15(17)16(20)21)22-9-11-4-5-12(18)8-13(11)19/h3-5,7-8H,1,6,9H2,2H3. The highest BCUT2D eigenvalue weighted by Crippen LogP contribution is 2.24. The van der Waals surface area contributed by atoms with E-state index in [4.69, 9.17) is 4.74 Å². The van der Waals surface area contributed by atoms with E-state index >= 15 is 0 Å². The van der Waals surface area contributed by atoms with Crippen LogP contribution in [0.25, 0.3) is 0 Å². The minimum absolute atomic E-state index is 0.102. The summed E-state index contributed by atoms with van der Waals surface area (Å²) in [6, 6.07) is 4.94. The van der Waals surface area contributed by atoms with Gasteiger partial charge in [-0.15, -0.1) is 6.58 Å². The molecular weight excluding hydrogens is 356 g/mol. The minimum Gasteiger partial charge on any atom is -0.487 e. The molecule has 1 aromatic carbocycles. The van der Waals surface area contributed by atoms with Gasteiger partial charge in [-0.3, -0.25) is 4.79 Å². The minimum atomic E-state index is -0.687. The zero-order valence-electron chi connectivity index (χ0n) is 11.9. The Balaban J connectivity index is 2.27. The van der Waals surface area contributed by atoms with Gasteiger partial charge in [0.25, 0.3) is 5.56 Å². The van der Waals surface area contributed by atoms with E-state index in [9.17, 15) is 13.6 Å². The number of aryl methyl sites for hydroxylation is 1. The second kappa shape index (κ2) is 6.87. The first-order valence-corrected chi connectivity index (χ1v) is 7.31. The Morgan fingerprint density at radius 2 is 2.09 bits per heavy atom. The number of pyridine rings is 1. The van der Waals surface area contributed by atoms with Crippen molar-refractivity contribution in [3.63, 3.8) is 0 Å². The van der Waals surface area contributed by atoms with E-state index in [1.807, 2.05) is 0 Å². The first-order valence-electron chi connectivity index (χ1n) is 6.51. The fourth-order valence-corrected chi connectivity index (χ4v) is 2.41. The first-order chi connectivity index (χ1) is 10.4. The number of benzene rings is 1. The summed E-state index contributed by atoms with van der Waals surface area (Å²) in [6.45, 7) is 5.65. The summed E-state index contributed by atoms with van der Waals surface area (Å²) >= 11 is 3.19. The molecule has 2 rings (SSSR count). The zero-order chi connectivity index (χ0) is 16.3. The van der Waals surface area contributed by atoms with E-state index in [-0.39, 0.29) is 22.2 Å². The molecule has 0 bridgehead atoms. The molecule has 116 valence electrons. The van der Waals surface area contributed by atoms with Gasteiger partial charge >= 0.3 is 0 Å².